The molecule has 0 fully saturated rings. The van der Waals surface area contributed by atoms with Crippen molar-refractivity contribution >= 4 is 23.2 Å². The highest BCUT2D eigenvalue weighted by Gasteiger charge is 2.12. The van der Waals surface area contributed by atoms with Gasteiger partial charge in [0, 0.05) is 18.6 Å². The van der Waals surface area contributed by atoms with Gasteiger partial charge in [0.15, 0.2) is 11.5 Å². The van der Waals surface area contributed by atoms with E-state index in [1.54, 1.807) is 12.1 Å². The van der Waals surface area contributed by atoms with E-state index >= 15 is 0 Å². The van der Waals surface area contributed by atoms with Crippen molar-refractivity contribution in [2.45, 2.75) is 12.8 Å². The molecule has 22 heavy (non-hydrogen) atoms. The zero-order valence-electron chi connectivity index (χ0n) is 12.6. The van der Waals surface area contributed by atoms with Gasteiger partial charge in [0.1, 0.15) is 0 Å². The molecular formula is C17H18ClNO3. The zero-order valence-corrected chi connectivity index (χ0v) is 13.3. The smallest absolute Gasteiger partial charge is 0.224 e. The summed E-state index contributed by atoms with van der Waals surface area (Å²) >= 11 is 6.15. The molecular weight excluding hydrogens is 302 g/mol. The molecule has 1 N–H and O–H groups in total. The summed E-state index contributed by atoms with van der Waals surface area (Å²) in [6, 6.07) is 13.1. The minimum Gasteiger partial charge on any atom is -0.493 e. The van der Waals surface area contributed by atoms with Crippen LogP contribution in [0.15, 0.2) is 42.5 Å². The predicted molar refractivity (Wildman–Crippen MR) is 87.9 cm³/mol. The maximum atomic E-state index is 12.1. The van der Waals surface area contributed by atoms with Gasteiger partial charge in [0.2, 0.25) is 5.91 Å². The number of hydrogen-bond donors (Lipinski definition) is 1. The molecule has 0 atom stereocenters. The molecule has 0 saturated heterocycles. The van der Waals surface area contributed by atoms with Crippen LogP contribution in [0, 0.1) is 0 Å². The molecule has 0 aliphatic rings. The Labute approximate surface area is 135 Å². The van der Waals surface area contributed by atoms with Gasteiger partial charge in [-0.1, -0.05) is 41.9 Å². The Kier molecular flexibility index (Phi) is 5.67. The Hall–Kier alpha value is -2.20. The molecule has 2 rings (SSSR count). The second kappa shape index (κ2) is 7.71. The van der Waals surface area contributed by atoms with Gasteiger partial charge in [-0.2, -0.15) is 0 Å². The number of hydrogen-bond acceptors (Lipinski definition) is 3. The topological polar surface area (TPSA) is 47.6 Å². The number of ether oxygens (including phenoxy) is 2. The van der Waals surface area contributed by atoms with Gasteiger partial charge < -0.3 is 14.8 Å². The van der Waals surface area contributed by atoms with Crippen molar-refractivity contribution < 1.29 is 14.3 Å². The van der Waals surface area contributed by atoms with Crippen LogP contribution < -0.4 is 14.8 Å². The lowest BCUT2D eigenvalue weighted by atomic mass is 10.1. The molecule has 116 valence electrons. The molecule has 0 unspecified atom stereocenters. The Morgan fingerprint density at radius 2 is 1.73 bits per heavy atom. The van der Waals surface area contributed by atoms with E-state index in [1.807, 2.05) is 30.3 Å². The SMILES string of the molecule is COc1cc(Cl)c(NC(=O)CCc2ccccc2)cc1OC. The van der Waals surface area contributed by atoms with Crippen LogP contribution in [0.5, 0.6) is 11.5 Å². The largest absolute Gasteiger partial charge is 0.493 e. The van der Waals surface area contributed by atoms with Gasteiger partial charge in [-0.3, -0.25) is 4.79 Å². The Balaban J connectivity index is 2.02. The Morgan fingerprint density at radius 1 is 1.09 bits per heavy atom. The van der Waals surface area contributed by atoms with Crippen LogP contribution in [-0.4, -0.2) is 20.1 Å². The van der Waals surface area contributed by atoms with Gasteiger partial charge in [-0.25, -0.2) is 0 Å². The number of amides is 1. The van der Waals surface area contributed by atoms with E-state index in [0.717, 1.165) is 5.56 Å². The molecule has 0 aromatic heterocycles. The Morgan fingerprint density at radius 3 is 2.36 bits per heavy atom. The third-order valence-corrected chi connectivity index (χ3v) is 3.54. The van der Waals surface area contributed by atoms with Crippen molar-refractivity contribution in [3.8, 4) is 11.5 Å². The summed E-state index contributed by atoms with van der Waals surface area (Å²) < 4.78 is 10.4. The van der Waals surface area contributed by atoms with Crippen molar-refractivity contribution in [1.82, 2.24) is 0 Å². The fraction of sp³-hybridized carbons (Fsp3) is 0.235. The number of anilines is 1. The highest BCUT2D eigenvalue weighted by Crippen LogP contribution is 2.36. The molecule has 5 heteroatoms. The summed E-state index contributed by atoms with van der Waals surface area (Å²) in [7, 11) is 3.07. The van der Waals surface area contributed by atoms with Crippen LogP contribution in [0.2, 0.25) is 5.02 Å². The maximum absolute atomic E-state index is 12.1. The van der Waals surface area contributed by atoms with E-state index in [0.29, 0.717) is 35.1 Å². The van der Waals surface area contributed by atoms with Crippen LogP contribution in [0.25, 0.3) is 0 Å². The third kappa shape index (κ3) is 4.15. The minimum atomic E-state index is -0.0991. The minimum absolute atomic E-state index is 0.0991. The first-order valence-corrected chi connectivity index (χ1v) is 7.27. The standard InChI is InChI=1S/C17H18ClNO3/c1-21-15-10-13(18)14(11-16(15)22-2)19-17(20)9-8-12-6-4-3-5-7-12/h3-7,10-11H,8-9H2,1-2H3,(H,19,20). The van der Waals surface area contributed by atoms with Gasteiger partial charge >= 0.3 is 0 Å². The van der Waals surface area contributed by atoms with Crippen LogP contribution in [0.1, 0.15) is 12.0 Å². The number of benzene rings is 2. The Bertz CT molecular complexity index is 644. The summed E-state index contributed by atoms with van der Waals surface area (Å²) in [6.07, 6.45) is 1.06. The number of carbonyl (C=O) groups is 1. The lowest BCUT2D eigenvalue weighted by Gasteiger charge is -2.12. The van der Waals surface area contributed by atoms with Crippen LogP contribution in [0.3, 0.4) is 0 Å². The van der Waals surface area contributed by atoms with Crippen molar-refractivity contribution in [2.75, 3.05) is 19.5 Å². The second-order valence-electron chi connectivity index (χ2n) is 4.72. The van der Waals surface area contributed by atoms with Crippen molar-refractivity contribution in [2.24, 2.45) is 0 Å². The van der Waals surface area contributed by atoms with E-state index in [1.165, 1.54) is 14.2 Å². The van der Waals surface area contributed by atoms with Crippen LogP contribution in [-0.2, 0) is 11.2 Å². The van der Waals surface area contributed by atoms with Crippen LogP contribution >= 0.6 is 11.6 Å². The summed E-state index contributed by atoms with van der Waals surface area (Å²) in [4.78, 5) is 12.1. The molecule has 4 nitrogen and oxygen atoms in total. The van der Waals surface area contributed by atoms with E-state index in [9.17, 15) is 4.79 Å². The number of methoxy groups -OCH3 is 2. The first-order valence-electron chi connectivity index (χ1n) is 6.89. The molecule has 0 heterocycles. The molecule has 0 radical (unpaired) electrons. The van der Waals surface area contributed by atoms with Gasteiger partial charge in [-0.05, 0) is 12.0 Å². The van der Waals surface area contributed by atoms with Gasteiger partial charge in [-0.15, -0.1) is 0 Å². The third-order valence-electron chi connectivity index (χ3n) is 3.23. The predicted octanol–water partition coefficient (Wildman–Crippen LogP) is 3.93. The van der Waals surface area contributed by atoms with Crippen molar-refractivity contribution in [3.05, 3.63) is 53.1 Å². The summed E-state index contributed by atoms with van der Waals surface area (Å²) in [5.74, 6) is 0.943. The molecule has 1 amide bonds. The van der Waals surface area contributed by atoms with Crippen molar-refractivity contribution in [1.29, 1.82) is 0 Å². The van der Waals surface area contributed by atoms with E-state index in [-0.39, 0.29) is 5.91 Å². The molecule has 0 aliphatic carbocycles. The molecule has 0 bridgehead atoms. The first-order chi connectivity index (χ1) is 10.6. The lowest BCUT2D eigenvalue weighted by Crippen LogP contribution is -2.13. The highest BCUT2D eigenvalue weighted by atomic mass is 35.5. The van der Waals surface area contributed by atoms with Gasteiger partial charge in [0.25, 0.3) is 0 Å². The number of nitrogens with one attached hydrogen (secondary N) is 1. The number of halogens is 1. The first kappa shape index (κ1) is 16.2. The quantitative estimate of drug-likeness (QED) is 0.877. The molecule has 0 spiro atoms. The number of carbonyl (C=O) groups excluding carboxylic acids is 1. The maximum Gasteiger partial charge on any atom is 0.224 e. The molecule has 2 aromatic carbocycles. The molecule has 0 saturated carbocycles. The van der Waals surface area contributed by atoms with E-state index in [2.05, 4.69) is 5.32 Å². The van der Waals surface area contributed by atoms with E-state index < -0.39 is 0 Å². The zero-order chi connectivity index (χ0) is 15.9. The number of rotatable bonds is 6. The second-order valence-corrected chi connectivity index (χ2v) is 5.13. The number of aryl methyl sites for hydroxylation is 1. The van der Waals surface area contributed by atoms with Gasteiger partial charge in [0.05, 0.1) is 24.9 Å². The summed E-state index contributed by atoms with van der Waals surface area (Å²) in [5.41, 5.74) is 1.63. The van der Waals surface area contributed by atoms with E-state index in [4.69, 9.17) is 21.1 Å². The highest BCUT2D eigenvalue weighted by molar-refractivity contribution is 6.34. The fourth-order valence-corrected chi connectivity index (χ4v) is 2.27. The fourth-order valence-electron chi connectivity index (χ4n) is 2.07. The average molecular weight is 320 g/mol. The molecule has 2 aromatic rings. The normalized spacial score (nSPS) is 10.1. The van der Waals surface area contributed by atoms with Crippen LogP contribution in [0.4, 0.5) is 5.69 Å². The summed E-state index contributed by atoms with van der Waals surface area (Å²) in [5, 5.41) is 3.21. The summed E-state index contributed by atoms with van der Waals surface area (Å²) in [6.45, 7) is 0. The van der Waals surface area contributed by atoms with Crippen molar-refractivity contribution in [3.63, 3.8) is 0 Å². The molecule has 0 aliphatic heterocycles. The lowest BCUT2D eigenvalue weighted by molar-refractivity contribution is -0.116. The monoisotopic (exact) mass is 319 g/mol. The average Bonchev–Trinajstić information content (AvgIpc) is 2.55.